The molecule has 0 saturated heterocycles. The van der Waals surface area contributed by atoms with Gasteiger partial charge in [0.25, 0.3) is 0 Å². The van der Waals surface area contributed by atoms with Gasteiger partial charge >= 0.3 is 0 Å². The van der Waals surface area contributed by atoms with Crippen LogP contribution in [0, 0.1) is 0 Å². The van der Waals surface area contributed by atoms with Gasteiger partial charge in [0.1, 0.15) is 12.4 Å². The van der Waals surface area contributed by atoms with Gasteiger partial charge in [-0.3, -0.25) is 0 Å². The molecule has 0 atom stereocenters. The van der Waals surface area contributed by atoms with Crippen LogP contribution in [0.25, 0.3) is 0 Å². The first-order valence-corrected chi connectivity index (χ1v) is 6.87. The van der Waals surface area contributed by atoms with Gasteiger partial charge in [-0.05, 0) is 48.4 Å². The van der Waals surface area contributed by atoms with Crippen LogP contribution >= 0.6 is 0 Å². The topological polar surface area (TPSA) is 38.5 Å². The largest absolute Gasteiger partial charge is 0.489 e. The number of nitrogens with zero attached hydrogens (tertiary/aromatic N) is 1. The minimum Gasteiger partial charge on any atom is -0.489 e. The minimum absolute atomic E-state index is 0.587. The maximum Gasteiger partial charge on any atom is 0.119 e. The SMILES string of the molecule is CN(C)c1ccc(COc2ccc(CCN)cc2)cc1. The molecule has 2 rings (SSSR count). The summed E-state index contributed by atoms with van der Waals surface area (Å²) in [4.78, 5) is 2.08. The van der Waals surface area contributed by atoms with Gasteiger partial charge in [-0.15, -0.1) is 0 Å². The van der Waals surface area contributed by atoms with Gasteiger partial charge in [-0.25, -0.2) is 0 Å². The van der Waals surface area contributed by atoms with Crippen molar-refractivity contribution in [2.75, 3.05) is 25.5 Å². The molecule has 0 amide bonds. The number of ether oxygens (including phenoxy) is 1. The predicted molar refractivity (Wildman–Crippen MR) is 84.3 cm³/mol. The third-order valence-electron chi connectivity index (χ3n) is 3.21. The van der Waals surface area contributed by atoms with Crippen molar-refractivity contribution in [3.63, 3.8) is 0 Å². The maximum atomic E-state index is 5.78. The highest BCUT2D eigenvalue weighted by molar-refractivity contribution is 5.46. The zero-order valence-electron chi connectivity index (χ0n) is 12.2. The second-order valence-corrected chi connectivity index (χ2v) is 5.03. The van der Waals surface area contributed by atoms with Crippen molar-refractivity contribution in [3.05, 3.63) is 59.7 Å². The molecular weight excluding hydrogens is 248 g/mol. The van der Waals surface area contributed by atoms with E-state index in [1.165, 1.54) is 16.8 Å². The Morgan fingerprint density at radius 2 is 1.50 bits per heavy atom. The van der Waals surface area contributed by atoms with E-state index < -0.39 is 0 Å². The smallest absolute Gasteiger partial charge is 0.119 e. The van der Waals surface area contributed by atoms with Crippen LogP contribution < -0.4 is 15.4 Å². The molecule has 0 bridgehead atoms. The van der Waals surface area contributed by atoms with Gasteiger partial charge in [0.2, 0.25) is 0 Å². The summed E-state index contributed by atoms with van der Waals surface area (Å²) in [7, 11) is 4.07. The van der Waals surface area contributed by atoms with Crippen molar-refractivity contribution < 1.29 is 4.74 Å². The van der Waals surface area contributed by atoms with Crippen molar-refractivity contribution in [2.24, 2.45) is 5.73 Å². The van der Waals surface area contributed by atoms with Crippen LogP contribution in [0.1, 0.15) is 11.1 Å². The number of hydrogen-bond acceptors (Lipinski definition) is 3. The minimum atomic E-state index is 0.587. The van der Waals surface area contributed by atoms with E-state index in [2.05, 4.69) is 41.3 Å². The second-order valence-electron chi connectivity index (χ2n) is 5.03. The van der Waals surface area contributed by atoms with Crippen LogP contribution in [0.5, 0.6) is 5.75 Å². The van der Waals surface area contributed by atoms with Crippen LogP contribution in [0.15, 0.2) is 48.5 Å². The van der Waals surface area contributed by atoms with Crippen LogP contribution in [0.2, 0.25) is 0 Å². The normalized spacial score (nSPS) is 10.3. The summed E-state index contributed by atoms with van der Waals surface area (Å²) in [5.41, 5.74) is 9.14. The highest BCUT2D eigenvalue weighted by Crippen LogP contribution is 2.16. The van der Waals surface area contributed by atoms with E-state index in [-0.39, 0.29) is 0 Å². The fraction of sp³-hybridized carbons (Fsp3) is 0.294. The highest BCUT2D eigenvalue weighted by Gasteiger charge is 1.99. The molecule has 0 aliphatic rings. The molecule has 0 aromatic heterocycles. The van der Waals surface area contributed by atoms with E-state index in [0.717, 1.165) is 12.2 Å². The molecule has 20 heavy (non-hydrogen) atoms. The molecule has 2 aromatic rings. The summed E-state index contributed by atoms with van der Waals surface area (Å²) >= 11 is 0. The average molecular weight is 270 g/mol. The molecular formula is C17H22N2O. The predicted octanol–water partition coefficient (Wildman–Crippen LogP) is 2.83. The summed E-state index contributed by atoms with van der Waals surface area (Å²) in [6.45, 7) is 1.27. The Balaban J connectivity index is 1.91. The lowest BCUT2D eigenvalue weighted by molar-refractivity contribution is 0.306. The Morgan fingerprint density at radius 1 is 0.900 bits per heavy atom. The molecule has 0 saturated carbocycles. The first kappa shape index (κ1) is 14.4. The molecule has 2 N–H and O–H groups in total. The summed E-state index contributed by atoms with van der Waals surface area (Å²) < 4.78 is 5.78. The molecule has 0 heterocycles. The molecule has 3 nitrogen and oxygen atoms in total. The van der Waals surface area contributed by atoms with Crippen molar-refractivity contribution >= 4 is 5.69 Å². The van der Waals surface area contributed by atoms with Crippen LogP contribution in [0.4, 0.5) is 5.69 Å². The molecule has 0 unspecified atom stereocenters. The van der Waals surface area contributed by atoms with Gasteiger partial charge < -0.3 is 15.4 Å². The van der Waals surface area contributed by atoms with Gasteiger partial charge in [0, 0.05) is 19.8 Å². The van der Waals surface area contributed by atoms with Crippen LogP contribution in [-0.2, 0) is 13.0 Å². The van der Waals surface area contributed by atoms with E-state index in [1.54, 1.807) is 0 Å². The van der Waals surface area contributed by atoms with Crippen LogP contribution in [0.3, 0.4) is 0 Å². The zero-order valence-corrected chi connectivity index (χ0v) is 12.2. The lowest BCUT2D eigenvalue weighted by Crippen LogP contribution is -2.08. The van der Waals surface area contributed by atoms with Crippen LogP contribution in [-0.4, -0.2) is 20.6 Å². The fourth-order valence-electron chi connectivity index (χ4n) is 1.98. The average Bonchev–Trinajstić information content (AvgIpc) is 2.47. The highest BCUT2D eigenvalue weighted by atomic mass is 16.5. The molecule has 3 heteroatoms. The van der Waals surface area contributed by atoms with Crippen molar-refractivity contribution in [2.45, 2.75) is 13.0 Å². The molecule has 0 aliphatic heterocycles. The Bertz CT molecular complexity index is 518. The first-order chi connectivity index (χ1) is 9.69. The van der Waals surface area contributed by atoms with E-state index in [0.29, 0.717) is 13.2 Å². The Kier molecular flexibility index (Phi) is 5.02. The summed E-state index contributed by atoms with van der Waals surface area (Å²) in [5, 5.41) is 0. The monoisotopic (exact) mass is 270 g/mol. The third-order valence-corrected chi connectivity index (χ3v) is 3.21. The van der Waals surface area contributed by atoms with E-state index in [9.17, 15) is 0 Å². The molecule has 0 aliphatic carbocycles. The summed E-state index contributed by atoms with van der Waals surface area (Å²) in [6.07, 6.45) is 0.909. The molecule has 106 valence electrons. The molecule has 0 fully saturated rings. The number of benzene rings is 2. The lowest BCUT2D eigenvalue weighted by Gasteiger charge is -2.13. The van der Waals surface area contributed by atoms with Gasteiger partial charge in [-0.1, -0.05) is 24.3 Å². The van der Waals surface area contributed by atoms with Gasteiger partial charge in [-0.2, -0.15) is 0 Å². The fourth-order valence-corrected chi connectivity index (χ4v) is 1.98. The molecule has 0 spiro atoms. The quantitative estimate of drug-likeness (QED) is 0.877. The Labute approximate surface area is 121 Å². The summed E-state index contributed by atoms with van der Waals surface area (Å²) in [5.74, 6) is 0.891. The number of rotatable bonds is 6. The van der Waals surface area contributed by atoms with E-state index >= 15 is 0 Å². The van der Waals surface area contributed by atoms with Crippen molar-refractivity contribution in [1.29, 1.82) is 0 Å². The molecule has 2 aromatic carbocycles. The van der Waals surface area contributed by atoms with Crippen molar-refractivity contribution in [1.82, 2.24) is 0 Å². The number of anilines is 1. The van der Waals surface area contributed by atoms with E-state index in [1.807, 2.05) is 26.2 Å². The third kappa shape index (κ3) is 4.00. The van der Waals surface area contributed by atoms with Crippen molar-refractivity contribution in [3.8, 4) is 5.75 Å². The summed E-state index contributed by atoms with van der Waals surface area (Å²) in [6, 6.07) is 16.5. The second kappa shape index (κ2) is 6.96. The number of hydrogen-bond donors (Lipinski definition) is 1. The first-order valence-electron chi connectivity index (χ1n) is 6.87. The standard InChI is InChI=1S/C17H22N2O/c1-19(2)16-7-3-15(4-8-16)13-20-17-9-5-14(6-10-17)11-12-18/h3-10H,11-13,18H2,1-2H3. The number of nitrogens with two attached hydrogens (primary N) is 1. The molecule has 0 radical (unpaired) electrons. The maximum absolute atomic E-state index is 5.78. The van der Waals surface area contributed by atoms with Gasteiger partial charge in [0.05, 0.1) is 0 Å². The Hall–Kier alpha value is -2.00. The zero-order chi connectivity index (χ0) is 14.4. The Morgan fingerprint density at radius 3 is 2.05 bits per heavy atom. The van der Waals surface area contributed by atoms with Gasteiger partial charge in [0.15, 0.2) is 0 Å². The van der Waals surface area contributed by atoms with E-state index in [4.69, 9.17) is 10.5 Å². The lowest BCUT2D eigenvalue weighted by atomic mass is 10.1.